The molecule has 39 heavy (non-hydrogen) atoms. The van der Waals surface area contributed by atoms with Gasteiger partial charge in [-0.3, -0.25) is 4.79 Å². The third-order valence-electron chi connectivity index (χ3n) is 8.03. The van der Waals surface area contributed by atoms with Crippen molar-refractivity contribution in [2.24, 2.45) is 11.8 Å². The Morgan fingerprint density at radius 1 is 1.00 bits per heavy atom. The number of fused-ring (bicyclic) bond motifs is 1. The van der Waals surface area contributed by atoms with Gasteiger partial charge in [0.15, 0.2) is 0 Å². The first-order valence-electron chi connectivity index (χ1n) is 14.1. The van der Waals surface area contributed by atoms with Crippen molar-refractivity contribution >= 4 is 22.9 Å². The van der Waals surface area contributed by atoms with Gasteiger partial charge in [-0.15, -0.1) is 0 Å². The van der Waals surface area contributed by atoms with Gasteiger partial charge < -0.3 is 14.6 Å². The van der Waals surface area contributed by atoms with Gasteiger partial charge in [0.05, 0.1) is 12.7 Å². The van der Waals surface area contributed by atoms with Crippen molar-refractivity contribution in [2.75, 3.05) is 7.11 Å². The number of aryl methyl sites for hydroxylation is 1. The molecule has 1 amide bonds. The number of hydrogen-bond donors (Lipinski definition) is 1. The van der Waals surface area contributed by atoms with Crippen molar-refractivity contribution in [1.82, 2.24) is 14.9 Å². The molecule has 1 aliphatic rings. The van der Waals surface area contributed by atoms with Crippen molar-refractivity contribution in [3.8, 4) is 11.1 Å². The second kappa shape index (κ2) is 12.7. The standard InChI is InChI=1S/C33H37N3O3/c1-39-33(38)27-18-16-24(17-19-27)22-35-32(37)28(25-12-5-6-13-25)14-7-8-21-36-23-30(26-10-3-2-4-11-26)29-15-9-20-34-31(29)36/h2-4,9-11,15-20,23,25,28H,5-8,12-14,21-22H2,1H3,(H,35,37). The SMILES string of the molecule is COC(=O)c1ccc(CNC(=O)C(CCCCn2cc(-c3ccccc3)c3cccnc32)C2CCCC2)cc1. The van der Waals surface area contributed by atoms with Crippen molar-refractivity contribution in [3.63, 3.8) is 0 Å². The molecular formula is C33H37N3O3. The van der Waals surface area contributed by atoms with E-state index in [0.29, 0.717) is 18.0 Å². The smallest absolute Gasteiger partial charge is 0.337 e. The fourth-order valence-corrected chi connectivity index (χ4v) is 5.92. The van der Waals surface area contributed by atoms with Crippen LogP contribution in [0.5, 0.6) is 0 Å². The van der Waals surface area contributed by atoms with E-state index < -0.39 is 0 Å². The van der Waals surface area contributed by atoms with E-state index in [4.69, 9.17) is 4.74 Å². The summed E-state index contributed by atoms with van der Waals surface area (Å²) in [6.07, 6.45) is 11.7. The maximum Gasteiger partial charge on any atom is 0.337 e. The van der Waals surface area contributed by atoms with Gasteiger partial charge in [0.1, 0.15) is 5.65 Å². The van der Waals surface area contributed by atoms with Crippen LogP contribution in [-0.2, 0) is 22.6 Å². The molecule has 1 atom stereocenters. The van der Waals surface area contributed by atoms with Crippen LogP contribution in [0.2, 0.25) is 0 Å². The zero-order valence-electron chi connectivity index (χ0n) is 22.6. The highest BCUT2D eigenvalue weighted by atomic mass is 16.5. The van der Waals surface area contributed by atoms with Crippen LogP contribution in [-0.4, -0.2) is 28.5 Å². The number of benzene rings is 2. The van der Waals surface area contributed by atoms with Gasteiger partial charge in [0.2, 0.25) is 5.91 Å². The summed E-state index contributed by atoms with van der Waals surface area (Å²) in [5, 5.41) is 4.35. The lowest BCUT2D eigenvalue weighted by molar-refractivity contribution is -0.127. The van der Waals surface area contributed by atoms with Crippen LogP contribution in [0.15, 0.2) is 79.1 Å². The largest absolute Gasteiger partial charge is 0.465 e. The highest BCUT2D eigenvalue weighted by molar-refractivity contribution is 5.94. The van der Waals surface area contributed by atoms with Gasteiger partial charge in [-0.25, -0.2) is 9.78 Å². The number of hydrogen-bond acceptors (Lipinski definition) is 4. The molecule has 1 unspecified atom stereocenters. The number of unbranched alkanes of at least 4 members (excludes halogenated alkanes) is 1. The minimum absolute atomic E-state index is 0.0428. The molecule has 202 valence electrons. The Morgan fingerprint density at radius 3 is 2.51 bits per heavy atom. The molecule has 0 radical (unpaired) electrons. The van der Waals surface area contributed by atoms with Gasteiger partial charge in [-0.2, -0.15) is 0 Å². The summed E-state index contributed by atoms with van der Waals surface area (Å²) < 4.78 is 7.03. The van der Waals surface area contributed by atoms with Crippen molar-refractivity contribution in [3.05, 3.63) is 90.3 Å². The number of amides is 1. The van der Waals surface area contributed by atoms with Gasteiger partial charge in [0, 0.05) is 42.4 Å². The summed E-state index contributed by atoms with van der Waals surface area (Å²) >= 11 is 0. The number of nitrogens with one attached hydrogen (secondary N) is 1. The fourth-order valence-electron chi connectivity index (χ4n) is 5.92. The Hall–Kier alpha value is -3.93. The summed E-state index contributed by atoms with van der Waals surface area (Å²) in [4.78, 5) is 29.7. The second-order valence-corrected chi connectivity index (χ2v) is 10.5. The average molecular weight is 524 g/mol. The molecule has 1 saturated carbocycles. The minimum atomic E-state index is -0.355. The zero-order valence-corrected chi connectivity index (χ0v) is 22.6. The van der Waals surface area contributed by atoms with E-state index >= 15 is 0 Å². The van der Waals surface area contributed by atoms with Crippen LogP contribution in [0.3, 0.4) is 0 Å². The van der Waals surface area contributed by atoms with E-state index in [1.807, 2.05) is 30.5 Å². The number of esters is 1. The van der Waals surface area contributed by atoms with Crippen LogP contribution < -0.4 is 5.32 Å². The Bertz CT molecular complexity index is 1390. The molecule has 0 aliphatic heterocycles. The molecule has 4 aromatic rings. The van der Waals surface area contributed by atoms with E-state index in [1.54, 1.807) is 12.1 Å². The first kappa shape index (κ1) is 26.7. The van der Waals surface area contributed by atoms with Crippen LogP contribution in [0, 0.1) is 11.8 Å². The molecule has 5 rings (SSSR count). The van der Waals surface area contributed by atoms with Crippen LogP contribution in [0.4, 0.5) is 0 Å². The second-order valence-electron chi connectivity index (χ2n) is 10.5. The molecule has 6 heteroatoms. The first-order valence-corrected chi connectivity index (χ1v) is 14.1. The Morgan fingerprint density at radius 2 is 1.77 bits per heavy atom. The summed E-state index contributed by atoms with van der Waals surface area (Å²) in [6.45, 7) is 1.35. The van der Waals surface area contributed by atoms with Crippen LogP contribution in [0.25, 0.3) is 22.2 Å². The predicted molar refractivity (Wildman–Crippen MR) is 154 cm³/mol. The van der Waals surface area contributed by atoms with E-state index in [-0.39, 0.29) is 17.8 Å². The third-order valence-corrected chi connectivity index (χ3v) is 8.03. The molecule has 2 heterocycles. The summed E-state index contributed by atoms with van der Waals surface area (Å²) in [7, 11) is 1.37. The highest BCUT2D eigenvalue weighted by Gasteiger charge is 2.30. The number of ether oxygens (including phenoxy) is 1. The maximum absolute atomic E-state index is 13.3. The molecule has 0 spiro atoms. The lowest BCUT2D eigenvalue weighted by atomic mass is 9.85. The summed E-state index contributed by atoms with van der Waals surface area (Å²) in [6, 6.07) is 21.8. The molecule has 1 N–H and O–H groups in total. The normalized spacial score (nSPS) is 14.4. The van der Waals surface area contributed by atoms with E-state index in [9.17, 15) is 9.59 Å². The highest BCUT2D eigenvalue weighted by Crippen LogP contribution is 2.35. The maximum atomic E-state index is 13.3. The van der Waals surface area contributed by atoms with Crippen molar-refractivity contribution < 1.29 is 14.3 Å². The lowest BCUT2D eigenvalue weighted by Gasteiger charge is -2.23. The molecule has 0 saturated heterocycles. The quantitative estimate of drug-likeness (QED) is 0.174. The van der Waals surface area contributed by atoms with E-state index in [1.165, 1.54) is 36.5 Å². The number of aromatic nitrogens is 2. The van der Waals surface area contributed by atoms with Crippen molar-refractivity contribution in [2.45, 2.75) is 58.0 Å². The third kappa shape index (κ3) is 6.39. The van der Waals surface area contributed by atoms with E-state index in [0.717, 1.165) is 49.9 Å². The molecule has 1 fully saturated rings. The van der Waals surface area contributed by atoms with Gasteiger partial charge in [-0.1, -0.05) is 61.7 Å². The Labute approximate surface area is 230 Å². The van der Waals surface area contributed by atoms with Crippen molar-refractivity contribution in [1.29, 1.82) is 0 Å². The van der Waals surface area contributed by atoms with Crippen LogP contribution >= 0.6 is 0 Å². The molecule has 0 bridgehead atoms. The van der Waals surface area contributed by atoms with Gasteiger partial charge in [-0.05, 0) is 67.0 Å². The zero-order chi connectivity index (χ0) is 27.0. The lowest BCUT2D eigenvalue weighted by Crippen LogP contribution is -2.34. The number of rotatable bonds is 11. The molecule has 2 aromatic carbocycles. The Kier molecular flexibility index (Phi) is 8.71. The first-order chi connectivity index (χ1) is 19.1. The number of pyridine rings is 1. The van der Waals surface area contributed by atoms with Gasteiger partial charge in [0.25, 0.3) is 0 Å². The Balaban J connectivity index is 1.19. The van der Waals surface area contributed by atoms with Gasteiger partial charge >= 0.3 is 5.97 Å². The number of carbonyl (C=O) groups is 2. The number of methoxy groups -OCH3 is 1. The summed E-state index contributed by atoms with van der Waals surface area (Å²) in [5.74, 6) is 0.303. The van der Waals surface area contributed by atoms with Crippen LogP contribution in [0.1, 0.15) is 60.9 Å². The topological polar surface area (TPSA) is 73.2 Å². The molecular weight excluding hydrogens is 486 g/mol. The monoisotopic (exact) mass is 523 g/mol. The fraction of sp³-hybridized carbons (Fsp3) is 0.364. The average Bonchev–Trinajstić information content (AvgIpc) is 3.65. The molecule has 2 aromatic heterocycles. The number of nitrogens with zero attached hydrogens (tertiary/aromatic N) is 2. The summed E-state index contributed by atoms with van der Waals surface area (Å²) in [5.41, 5.74) is 4.91. The number of carbonyl (C=O) groups excluding carboxylic acids is 2. The molecule has 6 nitrogen and oxygen atoms in total. The predicted octanol–water partition coefficient (Wildman–Crippen LogP) is 6.78. The van der Waals surface area contributed by atoms with E-state index in [2.05, 4.69) is 51.4 Å². The molecule has 1 aliphatic carbocycles. The minimum Gasteiger partial charge on any atom is -0.465 e.